The molecule has 1 N–H and O–H groups in total. The highest BCUT2D eigenvalue weighted by molar-refractivity contribution is 5.36. The maximum atomic E-state index is 13.1. The maximum Gasteiger partial charge on any atom is 0.411 e. The zero-order valence-electron chi connectivity index (χ0n) is 10.6. The van der Waals surface area contributed by atoms with E-state index in [-0.39, 0.29) is 11.8 Å². The molecule has 0 aromatic heterocycles. The molecule has 0 radical (unpaired) electrons. The van der Waals surface area contributed by atoms with Gasteiger partial charge in [-0.2, -0.15) is 13.2 Å². The van der Waals surface area contributed by atoms with Gasteiger partial charge in [0, 0.05) is 11.6 Å². The fraction of sp³-hybridized carbons (Fsp3) is 0.500. The van der Waals surface area contributed by atoms with Gasteiger partial charge in [0.2, 0.25) is 0 Å². The van der Waals surface area contributed by atoms with Crippen molar-refractivity contribution in [2.75, 3.05) is 20.4 Å². The molecule has 108 valence electrons. The first kappa shape index (κ1) is 15.7. The van der Waals surface area contributed by atoms with E-state index in [9.17, 15) is 17.6 Å². The Bertz CT molecular complexity index is 409. The van der Waals surface area contributed by atoms with E-state index in [4.69, 9.17) is 4.74 Å². The van der Waals surface area contributed by atoms with Crippen LogP contribution in [0.2, 0.25) is 0 Å². The third-order valence-corrected chi connectivity index (χ3v) is 2.43. The van der Waals surface area contributed by atoms with Gasteiger partial charge in [0.25, 0.3) is 0 Å². The van der Waals surface area contributed by atoms with Crippen LogP contribution >= 0.6 is 0 Å². The number of nitrogens with one attached hydrogen (secondary N) is 1. The molecule has 0 saturated carbocycles. The molecule has 0 aliphatic carbocycles. The minimum Gasteiger partial charge on any atom is -0.467 e. The van der Waals surface area contributed by atoms with Crippen molar-refractivity contribution in [1.29, 1.82) is 0 Å². The van der Waals surface area contributed by atoms with Crippen LogP contribution in [0.3, 0.4) is 0 Å². The van der Waals surface area contributed by atoms with Crippen LogP contribution in [0.4, 0.5) is 17.6 Å². The Kier molecular flexibility index (Phi) is 5.56. The van der Waals surface area contributed by atoms with E-state index in [0.29, 0.717) is 5.56 Å². The maximum absolute atomic E-state index is 13.1. The van der Waals surface area contributed by atoms with Crippen LogP contribution in [0, 0.1) is 5.82 Å². The first-order chi connectivity index (χ1) is 8.83. The summed E-state index contributed by atoms with van der Waals surface area (Å²) >= 11 is 0. The van der Waals surface area contributed by atoms with E-state index in [0.717, 1.165) is 0 Å². The van der Waals surface area contributed by atoms with Gasteiger partial charge < -0.3 is 14.8 Å². The summed E-state index contributed by atoms with van der Waals surface area (Å²) in [4.78, 5) is 0. The second-order valence-corrected chi connectivity index (χ2v) is 3.92. The largest absolute Gasteiger partial charge is 0.467 e. The highest BCUT2D eigenvalue weighted by atomic mass is 19.4. The molecule has 0 heterocycles. The third-order valence-electron chi connectivity index (χ3n) is 2.43. The Morgan fingerprint density at radius 2 is 2.00 bits per heavy atom. The van der Waals surface area contributed by atoms with E-state index in [1.807, 2.05) is 0 Å². The third kappa shape index (κ3) is 5.44. The summed E-state index contributed by atoms with van der Waals surface area (Å²) in [5.74, 6) is -0.161. The summed E-state index contributed by atoms with van der Waals surface area (Å²) in [6.45, 7) is -0.155. The lowest BCUT2D eigenvalue weighted by Gasteiger charge is -2.17. The fourth-order valence-corrected chi connectivity index (χ4v) is 1.41. The molecule has 3 nitrogen and oxygen atoms in total. The lowest BCUT2D eigenvalue weighted by molar-refractivity contribution is -0.186. The Hall–Kier alpha value is -1.34. The number of ether oxygens (including phenoxy) is 2. The summed E-state index contributed by atoms with van der Waals surface area (Å²) in [7, 11) is 1.68. The average Bonchev–Trinajstić information content (AvgIpc) is 2.33. The molecular formula is C12H15F4NO2. The lowest BCUT2D eigenvalue weighted by atomic mass is 10.1. The van der Waals surface area contributed by atoms with E-state index in [2.05, 4.69) is 10.1 Å². The molecule has 1 aromatic rings. The average molecular weight is 281 g/mol. The number of hydrogen-bond acceptors (Lipinski definition) is 3. The van der Waals surface area contributed by atoms with Crippen LogP contribution in [0.25, 0.3) is 0 Å². The molecule has 1 rings (SSSR count). The van der Waals surface area contributed by atoms with Gasteiger partial charge in [-0.1, -0.05) is 0 Å². The zero-order valence-corrected chi connectivity index (χ0v) is 10.6. The molecule has 0 amide bonds. The number of benzene rings is 1. The van der Waals surface area contributed by atoms with Crippen LogP contribution < -0.4 is 10.1 Å². The van der Waals surface area contributed by atoms with Crippen molar-refractivity contribution >= 4 is 0 Å². The molecule has 0 aliphatic rings. The molecule has 0 spiro atoms. The van der Waals surface area contributed by atoms with Crippen molar-refractivity contribution in [3.05, 3.63) is 29.6 Å². The lowest BCUT2D eigenvalue weighted by Crippen LogP contribution is -2.20. The SMILES string of the molecule is CNC(C)c1cc(F)ccc1OCOCC(F)(F)F. The van der Waals surface area contributed by atoms with Crippen LogP contribution in [0.1, 0.15) is 18.5 Å². The molecular weight excluding hydrogens is 266 g/mol. The van der Waals surface area contributed by atoms with Crippen molar-refractivity contribution in [3.63, 3.8) is 0 Å². The predicted molar refractivity (Wildman–Crippen MR) is 61.4 cm³/mol. The quantitative estimate of drug-likeness (QED) is 0.494. The number of alkyl halides is 3. The number of halogens is 4. The monoisotopic (exact) mass is 281 g/mol. The Labute approximate surface area is 108 Å². The number of hydrogen-bond donors (Lipinski definition) is 1. The summed E-state index contributed by atoms with van der Waals surface area (Å²) in [6, 6.07) is 3.59. The summed E-state index contributed by atoms with van der Waals surface area (Å²) in [5, 5.41) is 2.90. The van der Waals surface area contributed by atoms with Gasteiger partial charge >= 0.3 is 6.18 Å². The number of rotatable bonds is 6. The van der Waals surface area contributed by atoms with Gasteiger partial charge in [0.1, 0.15) is 18.2 Å². The van der Waals surface area contributed by atoms with Crippen molar-refractivity contribution in [3.8, 4) is 5.75 Å². The second-order valence-electron chi connectivity index (χ2n) is 3.92. The summed E-state index contributed by atoms with van der Waals surface area (Å²) in [5.41, 5.74) is 0.512. The molecule has 0 aliphatic heterocycles. The Morgan fingerprint density at radius 1 is 1.32 bits per heavy atom. The Morgan fingerprint density at radius 3 is 2.58 bits per heavy atom. The van der Waals surface area contributed by atoms with E-state index < -0.39 is 25.4 Å². The van der Waals surface area contributed by atoms with E-state index >= 15 is 0 Å². The van der Waals surface area contributed by atoms with Crippen molar-refractivity contribution in [2.24, 2.45) is 0 Å². The van der Waals surface area contributed by atoms with Crippen molar-refractivity contribution < 1.29 is 27.0 Å². The highest BCUT2D eigenvalue weighted by Gasteiger charge is 2.27. The molecule has 1 aromatic carbocycles. The van der Waals surface area contributed by atoms with Crippen LogP contribution in [-0.2, 0) is 4.74 Å². The molecule has 1 unspecified atom stereocenters. The van der Waals surface area contributed by atoms with Gasteiger partial charge in [-0.3, -0.25) is 0 Å². The van der Waals surface area contributed by atoms with Crippen molar-refractivity contribution in [1.82, 2.24) is 5.32 Å². The predicted octanol–water partition coefficient (Wildman–Crippen LogP) is 3.02. The normalized spacial score (nSPS) is 13.4. The fourth-order valence-electron chi connectivity index (χ4n) is 1.41. The van der Waals surface area contributed by atoms with Gasteiger partial charge in [-0.15, -0.1) is 0 Å². The van der Waals surface area contributed by atoms with Crippen LogP contribution in [0.15, 0.2) is 18.2 Å². The molecule has 0 fully saturated rings. The van der Waals surface area contributed by atoms with Gasteiger partial charge in [0.15, 0.2) is 6.79 Å². The zero-order chi connectivity index (χ0) is 14.5. The van der Waals surface area contributed by atoms with Crippen LogP contribution in [0.5, 0.6) is 5.75 Å². The second kappa shape index (κ2) is 6.72. The first-order valence-corrected chi connectivity index (χ1v) is 5.57. The first-order valence-electron chi connectivity index (χ1n) is 5.57. The minimum absolute atomic E-state index is 0.201. The van der Waals surface area contributed by atoms with Gasteiger partial charge in [-0.25, -0.2) is 4.39 Å². The van der Waals surface area contributed by atoms with Gasteiger partial charge in [0.05, 0.1) is 0 Å². The standard InChI is InChI=1S/C12H15F4NO2/c1-8(17-2)10-5-9(13)3-4-11(10)19-7-18-6-12(14,15)16/h3-5,8,17H,6-7H2,1-2H3. The van der Waals surface area contributed by atoms with E-state index in [1.165, 1.54) is 18.2 Å². The summed E-state index contributed by atoms with van der Waals surface area (Å²) in [6.07, 6.45) is -4.40. The molecule has 0 bridgehead atoms. The molecule has 0 saturated heterocycles. The van der Waals surface area contributed by atoms with Crippen molar-refractivity contribution in [2.45, 2.75) is 19.1 Å². The smallest absolute Gasteiger partial charge is 0.411 e. The molecule has 19 heavy (non-hydrogen) atoms. The highest BCUT2D eigenvalue weighted by Crippen LogP contribution is 2.26. The molecule has 1 atom stereocenters. The van der Waals surface area contributed by atoms with Gasteiger partial charge in [-0.05, 0) is 32.2 Å². The minimum atomic E-state index is -4.40. The van der Waals surface area contributed by atoms with Crippen LogP contribution in [-0.4, -0.2) is 26.6 Å². The molecule has 7 heteroatoms. The summed E-state index contributed by atoms with van der Waals surface area (Å²) < 4.78 is 58.1. The topological polar surface area (TPSA) is 30.5 Å². The Balaban J connectivity index is 2.62. The van der Waals surface area contributed by atoms with E-state index in [1.54, 1.807) is 14.0 Å².